The fraction of sp³-hybridized carbons (Fsp3) is 0.214. The molecule has 1 aromatic carbocycles. The Kier molecular flexibility index (Phi) is 2.53. The predicted molar refractivity (Wildman–Crippen MR) is 68.5 cm³/mol. The third kappa shape index (κ3) is 1.89. The molecule has 3 heteroatoms. The monoisotopic (exact) mass is 226 g/mol. The van der Waals surface area contributed by atoms with Gasteiger partial charge >= 0.3 is 0 Å². The summed E-state index contributed by atoms with van der Waals surface area (Å²) in [6.45, 7) is 0.957. The van der Waals surface area contributed by atoms with Crippen LogP contribution < -0.4 is 0 Å². The van der Waals surface area contributed by atoms with Crippen LogP contribution in [-0.4, -0.2) is 28.9 Å². The molecule has 2 aliphatic rings. The number of aliphatic hydroxyl groups is 1. The van der Waals surface area contributed by atoms with Gasteiger partial charge in [-0.25, -0.2) is 0 Å². The van der Waals surface area contributed by atoms with E-state index in [9.17, 15) is 0 Å². The highest BCUT2D eigenvalue weighted by Crippen LogP contribution is 2.25. The van der Waals surface area contributed by atoms with Crippen molar-refractivity contribution in [3.8, 4) is 0 Å². The summed E-state index contributed by atoms with van der Waals surface area (Å²) in [5.74, 6) is 0. The van der Waals surface area contributed by atoms with Crippen molar-refractivity contribution in [3.63, 3.8) is 0 Å². The van der Waals surface area contributed by atoms with Gasteiger partial charge in [-0.05, 0) is 28.8 Å². The average molecular weight is 226 g/mol. The number of rotatable bonds is 2. The van der Waals surface area contributed by atoms with Gasteiger partial charge in [-0.15, -0.1) is 0 Å². The molecule has 0 amide bonds. The molecule has 2 aliphatic heterocycles. The van der Waals surface area contributed by atoms with Crippen LogP contribution in [0.5, 0.6) is 0 Å². The molecule has 0 spiro atoms. The van der Waals surface area contributed by atoms with Crippen LogP contribution in [0.2, 0.25) is 0 Å². The fourth-order valence-corrected chi connectivity index (χ4v) is 2.16. The van der Waals surface area contributed by atoms with Gasteiger partial charge in [-0.3, -0.25) is 4.99 Å². The molecular formula is C14H14N2O. The van der Waals surface area contributed by atoms with Crippen LogP contribution in [0.3, 0.4) is 0 Å². The quantitative estimate of drug-likeness (QED) is 0.834. The summed E-state index contributed by atoms with van der Waals surface area (Å²) in [6.07, 6.45) is 8.46. The molecule has 0 saturated carbocycles. The van der Waals surface area contributed by atoms with Crippen molar-refractivity contribution in [1.82, 2.24) is 4.90 Å². The molecule has 0 fully saturated rings. The molecule has 0 aromatic heterocycles. The zero-order valence-electron chi connectivity index (χ0n) is 9.45. The van der Waals surface area contributed by atoms with Crippen molar-refractivity contribution in [2.75, 3.05) is 6.54 Å². The van der Waals surface area contributed by atoms with Crippen LogP contribution in [-0.2, 0) is 6.61 Å². The maximum atomic E-state index is 9.14. The Morgan fingerprint density at radius 2 is 2.35 bits per heavy atom. The summed E-state index contributed by atoms with van der Waals surface area (Å²) in [5, 5.41) is 9.14. The Hall–Kier alpha value is -1.87. The zero-order valence-corrected chi connectivity index (χ0v) is 9.45. The van der Waals surface area contributed by atoms with Gasteiger partial charge < -0.3 is 10.0 Å². The first-order chi connectivity index (χ1) is 8.36. The number of benzene rings is 1. The Balaban J connectivity index is 1.92. The van der Waals surface area contributed by atoms with Crippen LogP contribution in [0.25, 0.3) is 5.57 Å². The molecule has 3 nitrogen and oxygen atoms in total. The van der Waals surface area contributed by atoms with Gasteiger partial charge in [0.05, 0.1) is 13.2 Å². The molecule has 0 bridgehead atoms. The van der Waals surface area contributed by atoms with Crippen LogP contribution in [0, 0.1) is 0 Å². The summed E-state index contributed by atoms with van der Waals surface area (Å²) < 4.78 is 0. The molecule has 1 N–H and O–H groups in total. The van der Waals surface area contributed by atoms with Gasteiger partial charge in [0.15, 0.2) is 0 Å². The van der Waals surface area contributed by atoms with Crippen molar-refractivity contribution in [2.45, 2.75) is 12.8 Å². The molecular weight excluding hydrogens is 212 g/mol. The molecule has 0 aliphatic carbocycles. The summed E-state index contributed by atoms with van der Waals surface area (Å²) >= 11 is 0. The normalized spacial score (nSPS) is 21.6. The number of hydrogen-bond acceptors (Lipinski definition) is 3. The molecule has 86 valence electrons. The molecule has 1 aromatic rings. The second-order valence-corrected chi connectivity index (χ2v) is 4.24. The lowest BCUT2D eigenvalue weighted by Gasteiger charge is -2.23. The Morgan fingerprint density at radius 1 is 1.41 bits per heavy atom. The van der Waals surface area contributed by atoms with E-state index in [1.54, 1.807) is 0 Å². The molecule has 17 heavy (non-hydrogen) atoms. The lowest BCUT2D eigenvalue weighted by atomic mass is 10.0. The minimum Gasteiger partial charge on any atom is -0.392 e. The third-order valence-electron chi connectivity index (χ3n) is 3.09. The first-order valence-electron chi connectivity index (χ1n) is 5.74. The van der Waals surface area contributed by atoms with Crippen molar-refractivity contribution < 1.29 is 5.11 Å². The van der Waals surface area contributed by atoms with E-state index in [0.29, 0.717) is 0 Å². The summed E-state index contributed by atoms with van der Waals surface area (Å²) in [7, 11) is 0. The summed E-state index contributed by atoms with van der Waals surface area (Å²) in [5.41, 5.74) is 3.25. The van der Waals surface area contributed by atoms with E-state index in [0.717, 1.165) is 17.7 Å². The van der Waals surface area contributed by atoms with Crippen LogP contribution in [0.1, 0.15) is 11.1 Å². The van der Waals surface area contributed by atoms with Gasteiger partial charge in [0.25, 0.3) is 0 Å². The Morgan fingerprint density at radius 3 is 3.24 bits per heavy atom. The molecule has 1 atom stereocenters. The van der Waals surface area contributed by atoms with Gasteiger partial charge in [0.1, 0.15) is 6.17 Å². The lowest BCUT2D eigenvalue weighted by molar-refractivity contribution is 0.282. The number of aliphatic hydroxyl groups excluding tert-OH is 1. The maximum absolute atomic E-state index is 9.14. The molecule has 0 saturated heterocycles. The van der Waals surface area contributed by atoms with Crippen LogP contribution in [0.15, 0.2) is 47.6 Å². The van der Waals surface area contributed by atoms with Gasteiger partial charge in [-0.2, -0.15) is 0 Å². The standard InChI is InChI=1S/C14H14N2O/c17-10-11-2-1-3-12(8-11)13-4-5-14-15-6-7-16(14)9-13/h1-6,8-9,14,17H,7,10H2. The minimum absolute atomic E-state index is 0.0836. The number of allylic oxidation sites excluding steroid dienone is 2. The fourth-order valence-electron chi connectivity index (χ4n) is 2.16. The topological polar surface area (TPSA) is 35.8 Å². The van der Waals surface area contributed by atoms with Crippen molar-refractivity contribution >= 4 is 11.8 Å². The molecule has 3 rings (SSSR count). The van der Waals surface area contributed by atoms with E-state index in [-0.39, 0.29) is 12.8 Å². The van der Waals surface area contributed by atoms with Gasteiger partial charge in [0, 0.05) is 12.4 Å². The minimum atomic E-state index is 0.0836. The zero-order chi connectivity index (χ0) is 11.7. The van der Waals surface area contributed by atoms with Crippen LogP contribution in [0.4, 0.5) is 0 Å². The predicted octanol–water partition coefficient (Wildman–Crippen LogP) is 1.80. The number of fused-ring (bicyclic) bond motifs is 1. The highest BCUT2D eigenvalue weighted by atomic mass is 16.3. The lowest BCUT2D eigenvalue weighted by Crippen LogP contribution is -2.25. The van der Waals surface area contributed by atoms with Crippen molar-refractivity contribution in [2.24, 2.45) is 4.99 Å². The number of nitrogens with zero attached hydrogens (tertiary/aromatic N) is 2. The first kappa shape index (κ1) is 10.3. The Bertz CT molecular complexity index is 517. The van der Waals surface area contributed by atoms with Crippen LogP contribution >= 0.6 is 0 Å². The van der Waals surface area contributed by atoms with E-state index in [1.165, 1.54) is 5.57 Å². The third-order valence-corrected chi connectivity index (χ3v) is 3.09. The van der Waals surface area contributed by atoms with E-state index < -0.39 is 0 Å². The highest BCUT2D eigenvalue weighted by Gasteiger charge is 2.19. The Labute approximate surface area is 100 Å². The molecule has 1 unspecified atom stereocenters. The molecule has 2 heterocycles. The van der Waals surface area contributed by atoms with E-state index >= 15 is 0 Å². The second kappa shape index (κ2) is 4.18. The van der Waals surface area contributed by atoms with Gasteiger partial charge in [0.2, 0.25) is 0 Å². The number of aliphatic imine (C=N–C) groups is 1. The average Bonchev–Trinajstić information content (AvgIpc) is 2.86. The highest BCUT2D eigenvalue weighted by molar-refractivity contribution is 5.76. The van der Waals surface area contributed by atoms with Crippen molar-refractivity contribution in [1.29, 1.82) is 0 Å². The maximum Gasteiger partial charge on any atom is 0.140 e. The summed E-state index contributed by atoms with van der Waals surface area (Å²) in [4.78, 5) is 6.54. The van der Waals surface area contributed by atoms with E-state index in [1.807, 2.05) is 24.4 Å². The SMILES string of the molecule is OCc1cccc(C2=CN3CC=NC3C=C2)c1. The number of hydrogen-bond donors (Lipinski definition) is 1. The van der Waals surface area contributed by atoms with Crippen molar-refractivity contribution in [3.05, 3.63) is 53.7 Å². The van der Waals surface area contributed by atoms with E-state index in [2.05, 4.69) is 34.3 Å². The largest absolute Gasteiger partial charge is 0.392 e. The van der Waals surface area contributed by atoms with E-state index in [4.69, 9.17) is 5.11 Å². The molecule has 0 radical (unpaired) electrons. The smallest absolute Gasteiger partial charge is 0.140 e. The second-order valence-electron chi connectivity index (χ2n) is 4.24. The first-order valence-corrected chi connectivity index (χ1v) is 5.74. The summed E-state index contributed by atoms with van der Waals surface area (Å²) in [6, 6.07) is 7.99. The van der Waals surface area contributed by atoms with Gasteiger partial charge in [-0.1, -0.05) is 24.3 Å².